The normalized spacial score (nSPS) is 13.0. The summed E-state index contributed by atoms with van der Waals surface area (Å²) in [4.78, 5) is 0. The van der Waals surface area contributed by atoms with E-state index in [2.05, 4.69) is 15.9 Å². The van der Waals surface area contributed by atoms with Gasteiger partial charge in [0.25, 0.3) is 0 Å². The zero-order chi connectivity index (χ0) is 10.0. The van der Waals surface area contributed by atoms with Gasteiger partial charge >= 0.3 is 0 Å². The molecule has 1 aromatic carbocycles. The van der Waals surface area contributed by atoms with Crippen LogP contribution in [0.3, 0.4) is 0 Å². The third kappa shape index (κ3) is 2.51. The first kappa shape index (κ1) is 10.7. The molecule has 0 aliphatic carbocycles. The molecule has 0 aliphatic rings. The summed E-state index contributed by atoms with van der Waals surface area (Å²) in [6, 6.07) is 3.55. The van der Waals surface area contributed by atoms with Gasteiger partial charge in [0.05, 0.1) is 10.6 Å². The molecule has 0 fully saturated rings. The zero-order valence-electron chi connectivity index (χ0n) is 7.64. The van der Waals surface area contributed by atoms with Gasteiger partial charge < -0.3 is 5.11 Å². The van der Waals surface area contributed by atoms with Crippen LogP contribution in [0, 0.1) is 12.7 Å². The molecular formula is C10H12BrFO. The maximum absolute atomic E-state index is 13.3. The van der Waals surface area contributed by atoms with Crippen LogP contribution in [0.15, 0.2) is 16.6 Å². The Morgan fingerprint density at radius 2 is 2.15 bits per heavy atom. The molecule has 0 spiro atoms. The SMILES string of the molecule is Cc1ccc(CC(C)O)c(Br)c1F. The average molecular weight is 247 g/mol. The van der Waals surface area contributed by atoms with Crippen LogP contribution in [-0.4, -0.2) is 11.2 Å². The molecule has 0 saturated carbocycles. The van der Waals surface area contributed by atoms with Crippen molar-refractivity contribution in [3.8, 4) is 0 Å². The fourth-order valence-electron chi connectivity index (χ4n) is 1.16. The highest BCUT2D eigenvalue weighted by molar-refractivity contribution is 9.10. The molecule has 13 heavy (non-hydrogen) atoms. The number of rotatable bonds is 2. The third-order valence-electron chi connectivity index (χ3n) is 1.87. The van der Waals surface area contributed by atoms with E-state index in [4.69, 9.17) is 5.11 Å². The zero-order valence-corrected chi connectivity index (χ0v) is 9.23. The number of aliphatic hydroxyl groups is 1. The van der Waals surface area contributed by atoms with Crippen LogP contribution in [0.1, 0.15) is 18.1 Å². The number of benzene rings is 1. The van der Waals surface area contributed by atoms with Gasteiger partial charge in [0.2, 0.25) is 0 Å². The Balaban J connectivity index is 3.04. The predicted molar refractivity (Wildman–Crippen MR) is 54.2 cm³/mol. The van der Waals surface area contributed by atoms with Crippen LogP contribution < -0.4 is 0 Å². The van der Waals surface area contributed by atoms with Crippen molar-refractivity contribution in [3.63, 3.8) is 0 Å². The summed E-state index contributed by atoms with van der Waals surface area (Å²) in [5.74, 6) is -0.238. The van der Waals surface area contributed by atoms with Crippen molar-refractivity contribution in [2.75, 3.05) is 0 Å². The standard InChI is InChI=1S/C10H12BrFO/c1-6-3-4-8(5-7(2)13)9(11)10(6)12/h3-4,7,13H,5H2,1-2H3. The van der Waals surface area contributed by atoms with Gasteiger partial charge in [-0.1, -0.05) is 12.1 Å². The second-order valence-corrected chi connectivity index (χ2v) is 4.02. The average Bonchev–Trinajstić information content (AvgIpc) is 2.06. The van der Waals surface area contributed by atoms with Crippen LogP contribution >= 0.6 is 15.9 Å². The monoisotopic (exact) mass is 246 g/mol. The minimum atomic E-state index is -0.446. The second kappa shape index (κ2) is 4.20. The largest absolute Gasteiger partial charge is 0.393 e. The van der Waals surface area contributed by atoms with Gasteiger partial charge in [0, 0.05) is 0 Å². The summed E-state index contributed by atoms with van der Waals surface area (Å²) in [5.41, 5.74) is 1.42. The Morgan fingerprint density at radius 3 is 2.69 bits per heavy atom. The number of halogens is 2. The van der Waals surface area contributed by atoms with Crippen LogP contribution in [-0.2, 0) is 6.42 Å². The van der Waals surface area contributed by atoms with Crippen molar-refractivity contribution in [1.29, 1.82) is 0 Å². The molecule has 1 unspecified atom stereocenters. The molecule has 0 radical (unpaired) electrons. The van der Waals surface area contributed by atoms with Crippen LogP contribution in [0.25, 0.3) is 0 Å². The Kier molecular flexibility index (Phi) is 3.45. The quantitative estimate of drug-likeness (QED) is 0.851. The molecule has 3 heteroatoms. The summed E-state index contributed by atoms with van der Waals surface area (Å²) in [7, 11) is 0. The number of hydrogen-bond donors (Lipinski definition) is 1. The summed E-state index contributed by atoms with van der Waals surface area (Å²) in [6.07, 6.45) is 0.0241. The van der Waals surface area contributed by atoms with Gasteiger partial charge in [-0.25, -0.2) is 4.39 Å². The molecule has 1 atom stereocenters. The molecule has 72 valence electrons. The lowest BCUT2D eigenvalue weighted by Gasteiger charge is -2.08. The lowest BCUT2D eigenvalue weighted by molar-refractivity contribution is 0.195. The van der Waals surface area contributed by atoms with E-state index in [-0.39, 0.29) is 5.82 Å². The van der Waals surface area contributed by atoms with Crippen molar-refractivity contribution in [3.05, 3.63) is 33.5 Å². The first-order valence-corrected chi connectivity index (χ1v) is 4.93. The highest BCUT2D eigenvalue weighted by Gasteiger charge is 2.09. The molecule has 0 aliphatic heterocycles. The lowest BCUT2D eigenvalue weighted by atomic mass is 10.1. The highest BCUT2D eigenvalue weighted by atomic mass is 79.9. The summed E-state index contributed by atoms with van der Waals surface area (Å²) in [5, 5.41) is 9.15. The Morgan fingerprint density at radius 1 is 1.54 bits per heavy atom. The molecule has 1 N–H and O–H groups in total. The van der Waals surface area contributed by atoms with Crippen molar-refractivity contribution in [2.45, 2.75) is 26.4 Å². The number of hydrogen-bond acceptors (Lipinski definition) is 1. The van der Waals surface area contributed by atoms with Gasteiger partial charge in [-0.3, -0.25) is 0 Å². The summed E-state index contributed by atoms with van der Waals surface area (Å²) in [6.45, 7) is 3.40. The number of aliphatic hydroxyl groups excluding tert-OH is 1. The van der Waals surface area contributed by atoms with E-state index < -0.39 is 6.10 Å². The van der Waals surface area contributed by atoms with Crippen LogP contribution in [0.2, 0.25) is 0 Å². The molecular weight excluding hydrogens is 235 g/mol. The fourth-order valence-corrected chi connectivity index (χ4v) is 1.77. The maximum Gasteiger partial charge on any atom is 0.140 e. The van der Waals surface area contributed by atoms with Crippen LogP contribution in [0.4, 0.5) is 4.39 Å². The first-order chi connectivity index (χ1) is 6.02. The van der Waals surface area contributed by atoms with Crippen molar-refractivity contribution in [1.82, 2.24) is 0 Å². The van der Waals surface area contributed by atoms with Gasteiger partial charge in [0.15, 0.2) is 0 Å². The minimum absolute atomic E-state index is 0.238. The Bertz CT molecular complexity index is 310. The van der Waals surface area contributed by atoms with E-state index >= 15 is 0 Å². The summed E-state index contributed by atoms with van der Waals surface area (Å²) >= 11 is 3.17. The van der Waals surface area contributed by atoms with Gasteiger partial charge in [-0.05, 0) is 47.3 Å². The van der Waals surface area contributed by atoms with E-state index in [9.17, 15) is 4.39 Å². The number of aryl methyl sites for hydroxylation is 1. The van der Waals surface area contributed by atoms with E-state index in [0.29, 0.717) is 16.5 Å². The maximum atomic E-state index is 13.3. The van der Waals surface area contributed by atoms with E-state index in [1.54, 1.807) is 19.9 Å². The Hall–Kier alpha value is -0.410. The van der Waals surface area contributed by atoms with Crippen molar-refractivity contribution in [2.24, 2.45) is 0 Å². The molecule has 0 aromatic heterocycles. The van der Waals surface area contributed by atoms with Gasteiger partial charge in [-0.15, -0.1) is 0 Å². The molecule has 1 nitrogen and oxygen atoms in total. The van der Waals surface area contributed by atoms with E-state index in [1.165, 1.54) is 0 Å². The minimum Gasteiger partial charge on any atom is -0.393 e. The topological polar surface area (TPSA) is 20.2 Å². The van der Waals surface area contributed by atoms with Crippen molar-refractivity contribution >= 4 is 15.9 Å². The molecule has 1 aromatic rings. The van der Waals surface area contributed by atoms with Gasteiger partial charge in [-0.2, -0.15) is 0 Å². The Labute approximate surface area is 85.7 Å². The fraction of sp³-hybridized carbons (Fsp3) is 0.400. The predicted octanol–water partition coefficient (Wildman–Crippen LogP) is 2.82. The van der Waals surface area contributed by atoms with Crippen LogP contribution in [0.5, 0.6) is 0 Å². The third-order valence-corrected chi connectivity index (χ3v) is 2.73. The second-order valence-electron chi connectivity index (χ2n) is 3.22. The smallest absolute Gasteiger partial charge is 0.140 e. The van der Waals surface area contributed by atoms with Crippen molar-refractivity contribution < 1.29 is 9.50 Å². The summed E-state index contributed by atoms with van der Waals surface area (Å²) < 4.78 is 13.8. The van der Waals surface area contributed by atoms with E-state index in [1.807, 2.05) is 6.07 Å². The lowest BCUT2D eigenvalue weighted by Crippen LogP contribution is -2.05. The highest BCUT2D eigenvalue weighted by Crippen LogP contribution is 2.24. The molecule has 1 rings (SSSR count). The molecule has 0 saturated heterocycles. The first-order valence-electron chi connectivity index (χ1n) is 4.14. The van der Waals surface area contributed by atoms with Gasteiger partial charge in [0.1, 0.15) is 5.82 Å². The molecule has 0 amide bonds. The molecule has 0 heterocycles. The van der Waals surface area contributed by atoms with E-state index in [0.717, 1.165) is 5.56 Å². The molecule has 0 bridgehead atoms.